The zero-order chi connectivity index (χ0) is 20.6. The van der Waals surface area contributed by atoms with Crippen molar-refractivity contribution < 1.29 is 24.2 Å². The summed E-state index contributed by atoms with van der Waals surface area (Å²) in [6.07, 6.45) is 4.09. The van der Waals surface area contributed by atoms with Crippen LogP contribution in [0.3, 0.4) is 0 Å². The third kappa shape index (κ3) is 5.98. The lowest BCUT2D eigenvalue weighted by atomic mass is 9.98. The van der Waals surface area contributed by atoms with Gasteiger partial charge in [-0.15, -0.1) is 0 Å². The van der Waals surface area contributed by atoms with Crippen molar-refractivity contribution in [2.24, 2.45) is 5.92 Å². The van der Waals surface area contributed by atoms with E-state index in [9.17, 15) is 9.59 Å². The Labute approximate surface area is 170 Å². The molecule has 2 aromatic carbocycles. The van der Waals surface area contributed by atoms with Crippen molar-refractivity contribution in [2.75, 3.05) is 13.2 Å². The molecule has 1 saturated carbocycles. The van der Waals surface area contributed by atoms with Gasteiger partial charge in [0, 0.05) is 11.6 Å². The molecule has 1 aliphatic carbocycles. The third-order valence-corrected chi connectivity index (χ3v) is 5.10. The van der Waals surface area contributed by atoms with Crippen LogP contribution in [0.5, 0.6) is 11.5 Å². The number of benzene rings is 2. The first-order valence-corrected chi connectivity index (χ1v) is 10.0. The van der Waals surface area contributed by atoms with Crippen molar-refractivity contribution in [3.05, 3.63) is 59.7 Å². The Morgan fingerprint density at radius 2 is 1.86 bits per heavy atom. The summed E-state index contributed by atoms with van der Waals surface area (Å²) >= 11 is 0. The lowest BCUT2D eigenvalue weighted by molar-refractivity contribution is -0.139. The molecule has 1 fully saturated rings. The normalized spacial score (nSPS) is 18.2. The Morgan fingerprint density at radius 1 is 1.07 bits per heavy atom. The Bertz CT molecular complexity index is 836. The summed E-state index contributed by atoms with van der Waals surface area (Å²) < 4.78 is 10.7. The second-order valence-corrected chi connectivity index (χ2v) is 7.32. The molecule has 0 bridgehead atoms. The van der Waals surface area contributed by atoms with E-state index >= 15 is 0 Å². The molecule has 2 atom stereocenters. The Kier molecular flexibility index (Phi) is 7.11. The standard InChI is InChI=1S/C23H27NO5/c1-2-28-21-14-18(9-11-20(21)29-15-22(25)26)23(27)24-19-10-8-17(13-19)12-16-6-4-3-5-7-16/h3-7,9,11,14,17,19H,2,8,10,12-13,15H2,1H3,(H,24,27)(H,25,26). The summed E-state index contributed by atoms with van der Waals surface area (Å²) in [5.74, 6) is 0.0412. The van der Waals surface area contributed by atoms with E-state index in [0.717, 1.165) is 25.7 Å². The third-order valence-electron chi connectivity index (χ3n) is 5.10. The van der Waals surface area contributed by atoms with Crippen molar-refractivity contribution in [2.45, 2.75) is 38.6 Å². The van der Waals surface area contributed by atoms with Gasteiger partial charge in [0.25, 0.3) is 5.91 Å². The van der Waals surface area contributed by atoms with Crippen LogP contribution in [0.4, 0.5) is 0 Å². The second-order valence-electron chi connectivity index (χ2n) is 7.32. The summed E-state index contributed by atoms with van der Waals surface area (Å²) in [5, 5.41) is 11.9. The number of hydrogen-bond acceptors (Lipinski definition) is 4. The first-order chi connectivity index (χ1) is 14.0. The first-order valence-electron chi connectivity index (χ1n) is 10.0. The SMILES string of the molecule is CCOc1cc(C(=O)NC2CCC(Cc3ccccc3)C2)ccc1OCC(=O)O. The molecule has 6 nitrogen and oxygen atoms in total. The number of nitrogens with one attached hydrogen (secondary N) is 1. The molecule has 2 aromatic rings. The number of carbonyl (C=O) groups is 2. The molecule has 0 radical (unpaired) electrons. The van der Waals surface area contributed by atoms with Gasteiger partial charge in [0.15, 0.2) is 18.1 Å². The minimum absolute atomic E-state index is 0.152. The molecular formula is C23H27NO5. The van der Waals surface area contributed by atoms with Gasteiger partial charge in [0.2, 0.25) is 0 Å². The molecule has 6 heteroatoms. The number of hydrogen-bond donors (Lipinski definition) is 2. The lowest BCUT2D eigenvalue weighted by Crippen LogP contribution is -2.33. The van der Waals surface area contributed by atoms with Gasteiger partial charge in [-0.1, -0.05) is 30.3 Å². The number of rotatable bonds is 9. The van der Waals surface area contributed by atoms with Crippen LogP contribution in [-0.4, -0.2) is 36.2 Å². The summed E-state index contributed by atoms with van der Waals surface area (Å²) in [6, 6.07) is 15.4. The van der Waals surface area contributed by atoms with E-state index < -0.39 is 12.6 Å². The van der Waals surface area contributed by atoms with Crippen LogP contribution < -0.4 is 14.8 Å². The van der Waals surface area contributed by atoms with E-state index in [1.165, 1.54) is 5.56 Å². The van der Waals surface area contributed by atoms with Crippen LogP contribution in [-0.2, 0) is 11.2 Å². The highest BCUT2D eigenvalue weighted by molar-refractivity contribution is 5.95. The summed E-state index contributed by atoms with van der Waals surface area (Å²) in [4.78, 5) is 23.4. The molecule has 3 rings (SSSR count). The second kappa shape index (κ2) is 9.96. The van der Waals surface area contributed by atoms with Crippen LogP contribution in [0.2, 0.25) is 0 Å². The van der Waals surface area contributed by atoms with Gasteiger partial charge in [0.05, 0.1) is 6.61 Å². The van der Waals surface area contributed by atoms with Crippen LogP contribution in [0.25, 0.3) is 0 Å². The minimum atomic E-state index is -1.07. The monoisotopic (exact) mass is 397 g/mol. The molecule has 1 amide bonds. The van der Waals surface area contributed by atoms with Crippen molar-refractivity contribution in [3.8, 4) is 11.5 Å². The fraction of sp³-hybridized carbons (Fsp3) is 0.391. The first kappa shape index (κ1) is 20.7. The molecule has 0 aliphatic heterocycles. The van der Waals surface area contributed by atoms with Gasteiger partial charge < -0.3 is 19.9 Å². The molecule has 0 spiro atoms. The molecular weight excluding hydrogens is 370 g/mol. The largest absolute Gasteiger partial charge is 0.490 e. The Morgan fingerprint density at radius 3 is 2.59 bits per heavy atom. The maximum atomic E-state index is 12.7. The van der Waals surface area contributed by atoms with E-state index in [2.05, 4.69) is 29.6 Å². The highest BCUT2D eigenvalue weighted by Gasteiger charge is 2.26. The molecule has 0 saturated heterocycles. The van der Waals surface area contributed by atoms with Gasteiger partial charge in [-0.3, -0.25) is 4.79 Å². The molecule has 0 aromatic heterocycles. The van der Waals surface area contributed by atoms with Gasteiger partial charge >= 0.3 is 5.97 Å². The van der Waals surface area contributed by atoms with Crippen molar-refractivity contribution in [1.29, 1.82) is 0 Å². The van der Waals surface area contributed by atoms with Crippen molar-refractivity contribution >= 4 is 11.9 Å². The van der Waals surface area contributed by atoms with Crippen molar-refractivity contribution in [1.82, 2.24) is 5.32 Å². The number of carboxylic acids is 1. The predicted molar refractivity (Wildman–Crippen MR) is 109 cm³/mol. The average molecular weight is 397 g/mol. The summed E-state index contributed by atoms with van der Waals surface area (Å²) in [6.45, 7) is 1.74. The van der Waals surface area contributed by atoms with Crippen LogP contribution >= 0.6 is 0 Å². The van der Waals surface area contributed by atoms with Gasteiger partial charge in [0.1, 0.15) is 0 Å². The zero-order valence-corrected chi connectivity index (χ0v) is 16.6. The number of aliphatic carboxylic acids is 1. The summed E-state index contributed by atoms with van der Waals surface area (Å²) in [7, 11) is 0. The fourth-order valence-electron chi connectivity index (χ4n) is 3.78. The van der Waals surface area contributed by atoms with Gasteiger partial charge in [-0.2, -0.15) is 0 Å². The Hall–Kier alpha value is -3.02. The maximum Gasteiger partial charge on any atom is 0.341 e. The predicted octanol–water partition coefficient (Wildman–Crippen LogP) is 3.69. The maximum absolute atomic E-state index is 12.7. The molecule has 2 N–H and O–H groups in total. The highest BCUT2D eigenvalue weighted by Crippen LogP contribution is 2.31. The molecule has 154 valence electrons. The van der Waals surface area contributed by atoms with Gasteiger partial charge in [-0.25, -0.2) is 4.79 Å². The zero-order valence-electron chi connectivity index (χ0n) is 16.6. The molecule has 1 aliphatic rings. The minimum Gasteiger partial charge on any atom is -0.490 e. The van der Waals surface area contributed by atoms with Crippen LogP contribution in [0, 0.1) is 5.92 Å². The number of carbonyl (C=O) groups excluding carboxylic acids is 1. The van der Waals surface area contributed by atoms with Crippen LogP contribution in [0.15, 0.2) is 48.5 Å². The van der Waals surface area contributed by atoms with Gasteiger partial charge in [-0.05, 0) is 62.3 Å². The average Bonchev–Trinajstić information content (AvgIpc) is 3.14. The topological polar surface area (TPSA) is 84.9 Å². The van der Waals surface area contributed by atoms with E-state index in [1.807, 2.05) is 13.0 Å². The molecule has 2 unspecified atom stereocenters. The Balaban J connectivity index is 1.58. The number of amides is 1. The van der Waals surface area contributed by atoms with Crippen LogP contribution in [0.1, 0.15) is 42.1 Å². The smallest absolute Gasteiger partial charge is 0.341 e. The van der Waals surface area contributed by atoms with E-state index in [0.29, 0.717) is 29.6 Å². The molecule has 0 heterocycles. The quantitative estimate of drug-likeness (QED) is 0.674. The van der Waals surface area contributed by atoms with E-state index in [1.54, 1.807) is 18.2 Å². The highest BCUT2D eigenvalue weighted by atomic mass is 16.5. The fourth-order valence-corrected chi connectivity index (χ4v) is 3.78. The lowest BCUT2D eigenvalue weighted by Gasteiger charge is -2.15. The molecule has 29 heavy (non-hydrogen) atoms. The van der Waals surface area contributed by atoms with E-state index in [-0.39, 0.29) is 11.9 Å². The summed E-state index contributed by atoms with van der Waals surface area (Å²) in [5.41, 5.74) is 1.81. The number of ether oxygens (including phenoxy) is 2. The number of carboxylic acid groups (broad SMARTS) is 1. The van der Waals surface area contributed by atoms with E-state index in [4.69, 9.17) is 14.6 Å². The van der Waals surface area contributed by atoms with Crippen molar-refractivity contribution in [3.63, 3.8) is 0 Å².